The number of pyridine rings is 1. The van der Waals surface area contributed by atoms with Crippen molar-refractivity contribution in [3.05, 3.63) is 40.2 Å². The van der Waals surface area contributed by atoms with E-state index < -0.39 is 10.0 Å². The number of sulfonamides is 1. The Morgan fingerprint density at radius 3 is 2.62 bits per heavy atom. The fourth-order valence-electron chi connectivity index (χ4n) is 2.54. The van der Waals surface area contributed by atoms with Crippen molar-refractivity contribution in [2.24, 2.45) is 5.10 Å². The van der Waals surface area contributed by atoms with E-state index in [0.717, 1.165) is 24.1 Å². The maximum Gasteiger partial charge on any atom is 0.244 e. The second-order valence-corrected chi connectivity index (χ2v) is 8.92. The molecule has 0 unspecified atom stereocenters. The summed E-state index contributed by atoms with van der Waals surface area (Å²) in [6.07, 6.45) is 6.04. The molecule has 0 aromatic carbocycles. The van der Waals surface area contributed by atoms with Gasteiger partial charge in [0.1, 0.15) is 10.7 Å². The zero-order valence-corrected chi connectivity index (χ0v) is 15.1. The number of nitrogens with one attached hydrogen (secondary N) is 1. The first kappa shape index (κ1) is 17.1. The lowest BCUT2D eigenvalue weighted by Gasteiger charge is -2.25. The highest BCUT2D eigenvalue weighted by atomic mass is 32.2. The minimum absolute atomic E-state index is 0.229. The highest BCUT2D eigenvalue weighted by Gasteiger charge is 2.25. The third-order valence-electron chi connectivity index (χ3n) is 3.82. The largest absolute Gasteiger partial charge is 0.261 e. The Bertz CT molecular complexity index is 807. The van der Waals surface area contributed by atoms with Gasteiger partial charge in [0.05, 0.1) is 6.21 Å². The van der Waals surface area contributed by atoms with Gasteiger partial charge in [0.2, 0.25) is 10.0 Å². The lowest BCUT2D eigenvalue weighted by molar-refractivity contribution is 0.346. The number of piperidine rings is 1. The van der Waals surface area contributed by atoms with Crippen LogP contribution in [-0.4, -0.2) is 37.0 Å². The Morgan fingerprint density at radius 1 is 1.21 bits per heavy atom. The predicted molar refractivity (Wildman–Crippen MR) is 97.1 cm³/mol. The van der Waals surface area contributed by atoms with Gasteiger partial charge in [-0.1, -0.05) is 6.42 Å². The molecule has 1 aliphatic heterocycles. The van der Waals surface area contributed by atoms with Crippen molar-refractivity contribution < 1.29 is 8.42 Å². The summed E-state index contributed by atoms with van der Waals surface area (Å²) in [6, 6.07) is 7.23. The molecule has 24 heavy (non-hydrogen) atoms. The number of aromatic nitrogens is 1. The summed E-state index contributed by atoms with van der Waals surface area (Å²) in [5, 5.41) is 4.12. The summed E-state index contributed by atoms with van der Waals surface area (Å²) >= 11 is 1.65. The van der Waals surface area contributed by atoms with Crippen molar-refractivity contribution in [2.75, 3.05) is 18.5 Å². The molecule has 0 radical (unpaired) electrons. The van der Waals surface area contributed by atoms with Crippen LogP contribution < -0.4 is 5.43 Å². The highest BCUT2D eigenvalue weighted by Crippen LogP contribution is 2.20. The third kappa shape index (κ3) is 4.00. The molecule has 3 rings (SSSR count). The van der Waals surface area contributed by atoms with Crippen LogP contribution in [0.25, 0.3) is 0 Å². The Balaban J connectivity index is 1.65. The second kappa shape index (κ2) is 7.42. The lowest BCUT2D eigenvalue weighted by atomic mass is 10.2. The Hall–Kier alpha value is -1.77. The first-order valence-electron chi connectivity index (χ1n) is 7.87. The van der Waals surface area contributed by atoms with Gasteiger partial charge < -0.3 is 0 Å². The molecule has 0 atom stereocenters. The van der Waals surface area contributed by atoms with Crippen molar-refractivity contribution in [3.63, 3.8) is 0 Å². The number of hydrazone groups is 1. The SMILES string of the molecule is Cc1ccc(/C=N/Nc2ccc(S(=O)(=O)N3CCCCC3)cn2)s1. The van der Waals surface area contributed by atoms with Crippen molar-refractivity contribution in [1.29, 1.82) is 0 Å². The highest BCUT2D eigenvalue weighted by molar-refractivity contribution is 7.89. The molecule has 1 aliphatic rings. The number of hydrogen-bond acceptors (Lipinski definition) is 6. The van der Waals surface area contributed by atoms with E-state index in [1.165, 1.54) is 15.4 Å². The van der Waals surface area contributed by atoms with Crippen molar-refractivity contribution >= 4 is 33.4 Å². The zero-order chi connectivity index (χ0) is 17.0. The van der Waals surface area contributed by atoms with E-state index in [0.29, 0.717) is 18.9 Å². The summed E-state index contributed by atoms with van der Waals surface area (Å²) in [5.41, 5.74) is 2.82. The van der Waals surface area contributed by atoms with E-state index in [2.05, 4.69) is 15.5 Å². The van der Waals surface area contributed by atoms with Crippen LogP contribution in [0.5, 0.6) is 0 Å². The fourth-order valence-corrected chi connectivity index (χ4v) is 4.75. The normalized spacial score (nSPS) is 16.5. The fraction of sp³-hybridized carbons (Fsp3) is 0.375. The van der Waals surface area contributed by atoms with Gasteiger partial charge in [-0.15, -0.1) is 11.3 Å². The molecule has 8 heteroatoms. The van der Waals surface area contributed by atoms with Crippen molar-refractivity contribution in [2.45, 2.75) is 31.1 Å². The van der Waals surface area contributed by atoms with Gasteiger partial charge in [-0.3, -0.25) is 5.43 Å². The monoisotopic (exact) mass is 364 g/mol. The number of thiophene rings is 1. The minimum Gasteiger partial charge on any atom is -0.261 e. The van der Waals surface area contributed by atoms with Gasteiger partial charge >= 0.3 is 0 Å². The van der Waals surface area contributed by atoms with E-state index in [1.54, 1.807) is 29.7 Å². The Labute approximate surface area is 146 Å². The molecule has 0 aliphatic carbocycles. The molecule has 128 valence electrons. The van der Waals surface area contributed by atoms with Crippen LogP contribution in [0.4, 0.5) is 5.82 Å². The number of aryl methyl sites for hydroxylation is 1. The van der Waals surface area contributed by atoms with Gasteiger partial charge in [0, 0.05) is 29.0 Å². The minimum atomic E-state index is -3.43. The topological polar surface area (TPSA) is 74.7 Å². The molecule has 1 fully saturated rings. The van der Waals surface area contributed by atoms with E-state index in [-0.39, 0.29) is 4.90 Å². The quantitative estimate of drug-likeness (QED) is 0.653. The van der Waals surface area contributed by atoms with E-state index >= 15 is 0 Å². The molecule has 0 saturated carbocycles. The smallest absolute Gasteiger partial charge is 0.244 e. The molecule has 1 saturated heterocycles. The first-order valence-corrected chi connectivity index (χ1v) is 10.1. The molecular weight excluding hydrogens is 344 g/mol. The average molecular weight is 364 g/mol. The van der Waals surface area contributed by atoms with Gasteiger partial charge in [0.15, 0.2) is 0 Å². The van der Waals surface area contributed by atoms with Crippen LogP contribution in [0.3, 0.4) is 0 Å². The summed E-state index contributed by atoms with van der Waals surface area (Å²) < 4.78 is 26.6. The Morgan fingerprint density at radius 2 is 2.00 bits per heavy atom. The van der Waals surface area contributed by atoms with E-state index in [9.17, 15) is 8.42 Å². The van der Waals surface area contributed by atoms with E-state index in [4.69, 9.17) is 0 Å². The second-order valence-electron chi connectivity index (χ2n) is 5.66. The number of rotatable bonds is 5. The lowest BCUT2D eigenvalue weighted by Crippen LogP contribution is -2.35. The summed E-state index contributed by atoms with van der Waals surface area (Å²) in [4.78, 5) is 6.65. The van der Waals surface area contributed by atoms with E-state index in [1.807, 2.05) is 19.1 Å². The summed E-state index contributed by atoms with van der Waals surface area (Å²) in [7, 11) is -3.43. The summed E-state index contributed by atoms with van der Waals surface area (Å²) in [5.74, 6) is 0.511. The number of nitrogens with zero attached hydrogens (tertiary/aromatic N) is 3. The molecule has 3 heterocycles. The molecule has 0 amide bonds. The van der Waals surface area contributed by atoms with Crippen LogP contribution in [0.1, 0.15) is 29.0 Å². The van der Waals surface area contributed by atoms with Crippen molar-refractivity contribution in [1.82, 2.24) is 9.29 Å². The third-order valence-corrected chi connectivity index (χ3v) is 6.64. The maximum atomic E-state index is 12.5. The molecule has 0 bridgehead atoms. The zero-order valence-electron chi connectivity index (χ0n) is 13.5. The van der Waals surface area contributed by atoms with Crippen LogP contribution >= 0.6 is 11.3 Å². The van der Waals surface area contributed by atoms with Gasteiger partial charge in [-0.05, 0) is 44.0 Å². The molecular formula is C16H20N4O2S2. The molecule has 6 nitrogen and oxygen atoms in total. The van der Waals surface area contributed by atoms with Crippen LogP contribution in [0.2, 0.25) is 0 Å². The van der Waals surface area contributed by atoms with Crippen LogP contribution in [0, 0.1) is 6.92 Å². The first-order chi connectivity index (χ1) is 11.6. The standard InChI is InChI=1S/C16H20N4O2S2/c1-13-5-6-14(23-13)11-18-19-16-8-7-15(12-17-16)24(21,22)20-9-3-2-4-10-20/h5-8,11-12H,2-4,9-10H2,1H3,(H,17,19)/b18-11+. The van der Waals surface area contributed by atoms with Crippen LogP contribution in [0.15, 0.2) is 40.5 Å². The molecule has 2 aromatic rings. The maximum absolute atomic E-state index is 12.5. The average Bonchev–Trinajstić information content (AvgIpc) is 3.01. The number of hydrogen-bond donors (Lipinski definition) is 1. The Kier molecular flexibility index (Phi) is 5.27. The van der Waals surface area contributed by atoms with Gasteiger partial charge in [0.25, 0.3) is 0 Å². The summed E-state index contributed by atoms with van der Waals surface area (Å²) in [6.45, 7) is 3.22. The van der Waals surface area contributed by atoms with Gasteiger partial charge in [-0.25, -0.2) is 13.4 Å². The predicted octanol–water partition coefficient (Wildman–Crippen LogP) is 3.07. The molecule has 0 spiro atoms. The van der Waals surface area contributed by atoms with Gasteiger partial charge in [-0.2, -0.15) is 9.41 Å². The molecule has 1 N–H and O–H groups in total. The van der Waals surface area contributed by atoms with Crippen molar-refractivity contribution in [3.8, 4) is 0 Å². The van der Waals surface area contributed by atoms with Crippen LogP contribution in [-0.2, 0) is 10.0 Å². The molecule has 2 aromatic heterocycles. The number of anilines is 1.